The molecule has 1 atom stereocenters. The van der Waals surface area contributed by atoms with Gasteiger partial charge >= 0.3 is 0 Å². The van der Waals surface area contributed by atoms with Gasteiger partial charge in [0.1, 0.15) is 22.8 Å². The maximum atomic E-state index is 11.0. The van der Waals surface area contributed by atoms with E-state index in [1.165, 1.54) is 23.9 Å². The fraction of sp³-hybridized carbons (Fsp3) is 0.333. The van der Waals surface area contributed by atoms with Crippen molar-refractivity contribution in [2.45, 2.75) is 13.1 Å². The van der Waals surface area contributed by atoms with E-state index in [1.807, 2.05) is 25.9 Å². The van der Waals surface area contributed by atoms with E-state index >= 15 is 0 Å². The minimum atomic E-state index is -0.494. The lowest BCUT2D eigenvalue weighted by atomic mass is 10.4. The molecule has 0 aliphatic carbocycles. The van der Waals surface area contributed by atoms with Crippen LogP contribution in [0.15, 0.2) is 18.6 Å². The highest BCUT2D eigenvalue weighted by Crippen LogP contribution is 2.22. The maximum absolute atomic E-state index is 11.0. The van der Waals surface area contributed by atoms with Crippen molar-refractivity contribution < 1.29 is 4.79 Å². The molecule has 1 unspecified atom stereocenters. The highest BCUT2D eigenvalue weighted by atomic mass is 32.1. The zero-order valence-corrected chi connectivity index (χ0v) is 12.8. The maximum Gasteiger partial charge on any atom is 0.260 e. The van der Waals surface area contributed by atoms with Gasteiger partial charge in [0.2, 0.25) is 0 Å². The van der Waals surface area contributed by atoms with Crippen LogP contribution in [0.2, 0.25) is 0 Å². The quantitative estimate of drug-likeness (QED) is 0.676. The van der Waals surface area contributed by atoms with Gasteiger partial charge in [0.05, 0.1) is 12.4 Å². The van der Waals surface area contributed by atoms with Crippen LogP contribution in [0.25, 0.3) is 0 Å². The Kier molecular flexibility index (Phi) is 4.66. The Bertz CT molecular complexity index is 630. The first-order chi connectivity index (χ1) is 10.0. The summed E-state index contributed by atoms with van der Waals surface area (Å²) in [6.45, 7) is 2.02. The molecule has 2 heterocycles. The number of primary amides is 1. The van der Waals surface area contributed by atoms with Crippen LogP contribution in [0.1, 0.15) is 16.6 Å². The van der Waals surface area contributed by atoms with Crippen molar-refractivity contribution in [3.05, 3.63) is 23.5 Å². The molecule has 112 valence electrons. The van der Waals surface area contributed by atoms with Gasteiger partial charge in [0.25, 0.3) is 5.91 Å². The van der Waals surface area contributed by atoms with Crippen molar-refractivity contribution >= 4 is 34.0 Å². The van der Waals surface area contributed by atoms with Crippen LogP contribution in [-0.4, -0.2) is 41.1 Å². The van der Waals surface area contributed by atoms with Crippen molar-refractivity contribution in [2.24, 2.45) is 5.73 Å². The molecule has 0 aliphatic rings. The number of carbonyl (C=O) groups excluding carboxylic acids is 1. The number of aromatic nitrogens is 3. The number of nitrogens with two attached hydrogens (primary N) is 1. The van der Waals surface area contributed by atoms with E-state index in [1.54, 1.807) is 6.07 Å². The van der Waals surface area contributed by atoms with Crippen LogP contribution in [0, 0.1) is 0 Å². The smallest absolute Gasteiger partial charge is 0.260 e. The lowest BCUT2D eigenvalue weighted by Gasteiger charge is -2.25. The van der Waals surface area contributed by atoms with Gasteiger partial charge in [-0.05, 0) is 14.0 Å². The van der Waals surface area contributed by atoms with E-state index in [4.69, 9.17) is 5.73 Å². The number of carbonyl (C=O) groups is 1. The molecule has 0 saturated heterocycles. The van der Waals surface area contributed by atoms with E-state index in [0.717, 1.165) is 5.82 Å². The third kappa shape index (κ3) is 3.64. The lowest BCUT2D eigenvalue weighted by molar-refractivity contribution is 0.100. The summed E-state index contributed by atoms with van der Waals surface area (Å²) in [5, 5.41) is 6.72. The standard InChI is InChI=1S/C12H17N7OS/c1-7(14-2)19(3)10-4-9(16-6-17-10)18-12-15-5-8(21-12)11(13)20/h4-7,14H,1-3H3,(H2,13,20)(H,15,16,17,18). The first kappa shape index (κ1) is 15.1. The van der Waals surface area contributed by atoms with Gasteiger partial charge in [0, 0.05) is 13.1 Å². The average molecular weight is 307 g/mol. The fourth-order valence-corrected chi connectivity index (χ4v) is 2.23. The van der Waals surface area contributed by atoms with Crippen LogP contribution in [0.3, 0.4) is 0 Å². The summed E-state index contributed by atoms with van der Waals surface area (Å²) in [6.07, 6.45) is 3.04. The molecule has 2 rings (SSSR count). The van der Waals surface area contributed by atoms with Gasteiger partial charge in [0.15, 0.2) is 5.13 Å². The molecular formula is C12H17N7OS. The van der Waals surface area contributed by atoms with Crippen LogP contribution in [0.4, 0.5) is 16.8 Å². The van der Waals surface area contributed by atoms with Crippen LogP contribution in [-0.2, 0) is 0 Å². The van der Waals surface area contributed by atoms with Crippen LogP contribution in [0.5, 0.6) is 0 Å². The van der Waals surface area contributed by atoms with Gasteiger partial charge in [-0.2, -0.15) is 0 Å². The Labute approximate surface area is 126 Å². The molecule has 0 aromatic carbocycles. The molecule has 2 aromatic rings. The zero-order chi connectivity index (χ0) is 15.4. The highest BCUT2D eigenvalue weighted by Gasteiger charge is 2.11. The number of anilines is 3. The first-order valence-electron chi connectivity index (χ1n) is 6.26. The summed E-state index contributed by atoms with van der Waals surface area (Å²) in [6, 6.07) is 1.80. The highest BCUT2D eigenvalue weighted by molar-refractivity contribution is 7.17. The molecule has 9 heteroatoms. The van der Waals surface area contributed by atoms with E-state index < -0.39 is 5.91 Å². The number of nitrogens with zero attached hydrogens (tertiary/aromatic N) is 4. The van der Waals surface area contributed by atoms with E-state index in [2.05, 4.69) is 25.6 Å². The first-order valence-corrected chi connectivity index (χ1v) is 7.07. The second-order valence-corrected chi connectivity index (χ2v) is 5.39. The molecule has 2 aromatic heterocycles. The van der Waals surface area contributed by atoms with Crippen molar-refractivity contribution in [3.63, 3.8) is 0 Å². The van der Waals surface area contributed by atoms with Gasteiger partial charge < -0.3 is 21.3 Å². The summed E-state index contributed by atoms with van der Waals surface area (Å²) in [5.74, 6) is 0.869. The largest absolute Gasteiger partial charge is 0.365 e. The normalized spacial score (nSPS) is 12.0. The Balaban J connectivity index is 2.15. The summed E-state index contributed by atoms with van der Waals surface area (Å²) in [5.41, 5.74) is 5.20. The minimum Gasteiger partial charge on any atom is -0.365 e. The van der Waals surface area contributed by atoms with Gasteiger partial charge in [-0.1, -0.05) is 11.3 Å². The van der Waals surface area contributed by atoms with E-state index in [0.29, 0.717) is 15.8 Å². The summed E-state index contributed by atoms with van der Waals surface area (Å²) in [4.78, 5) is 25.9. The predicted molar refractivity (Wildman–Crippen MR) is 82.9 cm³/mol. The summed E-state index contributed by atoms with van der Waals surface area (Å²) >= 11 is 1.18. The number of hydrogen-bond donors (Lipinski definition) is 3. The number of rotatable bonds is 6. The minimum absolute atomic E-state index is 0.133. The Morgan fingerprint density at radius 2 is 2.19 bits per heavy atom. The third-order valence-electron chi connectivity index (χ3n) is 3.00. The Morgan fingerprint density at radius 3 is 2.81 bits per heavy atom. The summed E-state index contributed by atoms with van der Waals surface area (Å²) < 4.78 is 0. The fourth-order valence-electron chi connectivity index (χ4n) is 1.56. The van der Waals surface area contributed by atoms with Crippen molar-refractivity contribution in [3.8, 4) is 0 Å². The topological polar surface area (TPSA) is 109 Å². The zero-order valence-electron chi connectivity index (χ0n) is 12.0. The molecule has 0 bridgehead atoms. The summed E-state index contributed by atoms with van der Waals surface area (Å²) in [7, 11) is 3.81. The predicted octanol–water partition coefficient (Wildman–Crippen LogP) is 0.777. The molecular weight excluding hydrogens is 290 g/mol. The molecule has 21 heavy (non-hydrogen) atoms. The molecule has 0 saturated carbocycles. The molecule has 1 amide bonds. The molecule has 4 N–H and O–H groups in total. The number of amides is 1. The van der Waals surface area contributed by atoms with E-state index in [-0.39, 0.29) is 6.17 Å². The SMILES string of the molecule is CNC(C)N(C)c1cc(Nc2ncc(C(N)=O)s2)ncn1. The van der Waals surface area contributed by atoms with Crippen molar-refractivity contribution in [2.75, 3.05) is 24.3 Å². The number of thiazole rings is 1. The third-order valence-corrected chi connectivity index (χ3v) is 3.92. The van der Waals surface area contributed by atoms with Gasteiger partial charge in [-0.3, -0.25) is 4.79 Å². The molecule has 8 nitrogen and oxygen atoms in total. The molecule has 0 aliphatic heterocycles. The monoisotopic (exact) mass is 307 g/mol. The number of hydrogen-bond acceptors (Lipinski definition) is 8. The second kappa shape index (κ2) is 6.46. The van der Waals surface area contributed by atoms with E-state index in [9.17, 15) is 4.79 Å². The molecule has 0 fully saturated rings. The lowest BCUT2D eigenvalue weighted by Crippen LogP contribution is -2.39. The molecule has 0 spiro atoms. The Morgan fingerprint density at radius 1 is 1.43 bits per heavy atom. The Hall–Kier alpha value is -2.26. The van der Waals surface area contributed by atoms with Crippen LogP contribution >= 0.6 is 11.3 Å². The van der Waals surface area contributed by atoms with Crippen molar-refractivity contribution in [1.29, 1.82) is 0 Å². The second-order valence-electron chi connectivity index (χ2n) is 4.36. The molecule has 0 radical (unpaired) electrons. The van der Waals surface area contributed by atoms with Crippen molar-refractivity contribution in [1.82, 2.24) is 20.3 Å². The van der Waals surface area contributed by atoms with Gasteiger partial charge in [-0.15, -0.1) is 0 Å². The van der Waals surface area contributed by atoms with Crippen LogP contribution < -0.4 is 21.3 Å². The average Bonchev–Trinajstić information content (AvgIpc) is 2.94. The number of nitrogens with one attached hydrogen (secondary N) is 2. The van der Waals surface area contributed by atoms with Gasteiger partial charge in [-0.25, -0.2) is 15.0 Å².